The van der Waals surface area contributed by atoms with Gasteiger partial charge in [0.2, 0.25) is 0 Å². The van der Waals surface area contributed by atoms with Crippen LogP contribution >= 0.6 is 15.9 Å². The molecule has 0 aliphatic carbocycles. The van der Waals surface area contributed by atoms with Crippen LogP contribution in [0.1, 0.15) is 5.56 Å². The molecule has 0 unspecified atom stereocenters. The molecule has 2 aromatic rings. The predicted octanol–water partition coefficient (Wildman–Crippen LogP) is 3.43. The summed E-state index contributed by atoms with van der Waals surface area (Å²) in [6.45, 7) is 4.82. The molecule has 1 saturated heterocycles. The first-order valence-corrected chi connectivity index (χ1v) is 7.09. The maximum Gasteiger partial charge on any atom is 0.0594 e. The molecule has 0 radical (unpaired) electrons. The minimum absolute atomic E-state index is 0.860. The summed E-state index contributed by atoms with van der Waals surface area (Å²) in [7, 11) is 0. The molecular weight excluding hydrogens is 290 g/mol. The summed E-state index contributed by atoms with van der Waals surface area (Å²) in [5.41, 5.74) is 1.38. The van der Waals surface area contributed by atoms with Gasteiger partial charge in [-0.15, -0.1) is 0 Å². The molecule has 1 aliphatic heterocycles. The van der Waals surface area contributed by atoms with Gasteiger partial charge in [0.1, 0.15) is 0 Å². The third kappa shape index (κ3) is 2.58. The van der Waals surface area contributed by atoms with Crippen molar-refractivity contribution in [3.05, 3.63) is 46.4 Å². The Morgan fingerprint density at radius 2 is 1.94 bits per heavy atom. The van der Waals surface area contributed by atoms with Gasteiger partial charge >= 0.3 is 0 Å². The lowest BCUT2D eigenvalue weighted by Crippen LogP contribution is -2.35. The second-order valence-electron chi connectivity index (χ2n) is 4.68. The van der Waals surface area contributed by atoms with E-state index in [1.54, 1.807) is 0 Å². The fourth-order valence-electron chi connectivity index (χ4n) is 2.41. The van der Waals surface area contributed by atoms with Gasteiger partial charge < -0.3 is 4.74 Å². The van der Waals surface area contributed by atoms with Gasteiger partial charge in [-0.2, -0.15) is 0 Å². The third-order valence-corrected chi connectivity index (χ3v) is 4.09. The maximum atomic E-state index is 5.38. The van der Waals surface area contributed by atoms with Crippen LogP contribution in [0, 0.1) is 0 Å². The lowest BCUT2D eigenvalue weighted by atomic mass is 10.1. The lowest BCUT2D eigenvalue weighted by molar-refractivity contribution is 0.0342. The molecule has 1 aliphatic rings. The molecule has 3 heteroatoms. The van der Waals surface area contributed by atoms with E-state index in [2.05, 4.69) is 57.2 Å². The second-order valence-corrected chi connectivity index (χ2v) is 5.54. The third-order valence-electron chi connectivity index (χ3n) is 3.40. The van der Waals surface area contributed by atoms with Crippen molar-refractivity contribution in [1.82, 2.24) is 4.90 Å². The number of hydrogen-bond donors (Lipinski definition) is 0. The number of fused-ring (bicyclic) bond motifs is 1. The smallest absolute Gasteiger partial charge is 0.0594 e. The Labute approximate surface area is 116 Å². The van der Waals surface area contributed by atoms with E-state index in [9.17, 15) is 0 Å². The molecule has 0 bridgehead atoms. The van der Waals surface area contributed by atoms with Crippen molar-refractivity contribution >= 4 is 26.7 Å². The van der Waals surface area contributed by atoms with Gasteiger partial charge in [-0.3, -0.25) is 4.90 Å². The topological polar surface area (TPSA) is 12.5 Å². The van der Waals surface area contributed by atoms with Crippen molar-refractivity contribution < 1.29 is 4.74 Å². The second kappa shape index (κ2) is 5.39. The van der Waals surface area contributed by atoms with E-state index in [1.807, 2.05) is 0 Å². The van der Waals surface area contributed by atoms with Crippen LogP contribution < -0.4 is 0 Å². The largest absolute Gasteiger partial charge is 0.379 e. The monoisotopic (exact) mass is 305 g/mol. The molecule has 1 heterocycles. The van der Waals surface area contributed by atoms with Gasteiger partial charge in [0.15, 0.2) is 0 Å². The van der Waals surface area contributed by atoms with Crippen LogP contribution in [0.5, 0.6) is 0 Å². The Hall–Kier alpha value is -0.900. The van der Waals surface area contributed by atoms with Gasteiger partial charge in [-0.05, 0) is 28.5 Å². The van der Waals surface area contributed by atoms with E-state index in [-0.39, 0.29) is 0 Å². The van der Waals surface area contributed by atoms with Crippen molar-refractivity contribution in [3.63, 3.8) is 0 Å². The summed E-state index contributed by atoms with van der Waals surface area (Å²) >= 11 is 3.59. The summed E-state index contributed by atoms with van der Waals surface area (Å²) < 4.78 is 6.54. The Kier molecular flexibility index (Phi) is 3.64. The van der Waals surface area contributed by atoms with Crippen LogP contribution in [0.2, 0.25) is 0 Å². The number of halogens is 1. The quantitative estimate of drug-likeness (QED) is 0.843. The van der Waals surface area contributed by atoms with Crippen molar-refractivity contribution in [2.45, 2.75) is 6.54 Å². The minimum Gasteiger partial charge on any atom is -0.379 e. The summed E-state index contributed by atoms with van der Waals surface area (Å²) in [6, 6.07) is 13.1. The first kappa shape index (κ1) is 12.2. The molecule has 1 fully saturated rings. The van der Waals surface area contributed by atoms with Crippen LogP contribution in [0.15, 0.2) is 40.9 Å². The fourth-order valence-corrected chi connectivity index (χ4v) is 2.92. The van der Waals surface area contributed by atoms with Crippen LogP contribution in [0.4, 0.5) is 0 Å². The summed E-state index contributed by atoms with van der Waals surface area (Å²) in [6.07, 6.45) is 0. The van der Waals surface area contributed by atoms with E-state index in [1.165, 1.54) is 16.3 Å². The summed E-state index contributed by atoms with van der Waals surface area (Å²) in [5.74, 6) is 0. The molecule has 0 saturated carbocycles. The molecule has 2 aromatic carbocycles. The zero-order chi connectivity index (χ0) is 12.4. The number of ether oxygens (including phenoxy) is 1. The number of rotatable bonds is 2. The number of benzene rings is 2. The Morgan fingerprint density at radius 3 is 2.78 bits per heavy atom. The first-order chi connectivity index (χ1) is 8.83. The molecule has 94 valence electrons. The highest BCUT2D eigenvalue weighted by atomic mass is 79.9. The normalized spacial score (nSPS) is 17.2. The van der Waals surface area contributed by atoms with Crippen LogP contribution in [0.25, 0.3) is 10.8 Å². The molecular formula is C15H16BrNO. The van der Waals surface area contributed by atoms with E-state index in [0.717, 1.165) is 37.3 Å². The highest BCUT2D eigenvalue weighted by Crippen LogP contribution is 2.25. The lowest BCUT2D eigenvalue weighted by Gasteiger charge is -2.26. The zero-order valence-electron chi connectivity index (χ0n) is 10.2. The maximum absolute atomic E-state index is 5.38. The zero-order valence-corrected chi connectivity index (χ0v) is 11.8. The molecule has 2 nitrogen and oxygen atoms in total. The van der Waals surface area contributed by atoms with Gasteiger partial charge in [-0.1, -0.05) is 40.2 Å². The SMILES string of the molecule is Brc1cccc2cc(CN3CCOCC3)ccc12. The molecule has 18 heavy (non-hydrogen) atoms. The van der Waals surface area contributed by atoms with E-state index >= 15 is 0 Å². The number of hydrogen-bond acceptors (Lipinski definition) is 2. The first-order valence-electron chi connectivity index (χ1n) is 6.30. The van der Waals surface area contributed by atoms with E-state index in [0.29, 0.717) is 0 Å². The van der Waals surface area contributed by atoms with Crippen molar-refractivity contribution in [2.75, 3.05) is 26.3 Å². The Bertz CT molecular complexity index is 549. The number of morpholine rings is 1. The van der Waals surface area contributed by atoms with Gasteiger partial charge in [0, 0.05) is 24.1 Å². The molecule has 0 spiro atoms. The highest BCUT2D eigenvalue weighted by Gasteiger charge is 2.10. The minimum atomic E-state index is 0.860. The van der Waals surface area contributed by atoms with Crippen molar-refractivity contribution in [1.29, 1.82) is 0 Å². The van der Waals surface area contributed by atoms with Crippen LogP contribution in [-0.4, -0.2) is 31.2 Å². The molecule has 0 N–H and O–H groups in total. The average Bonchev–Trinajstić information content (AvgIpc) is 2.40. The van der Waals surface area contributed by atoms with Crippen molar-refractivity contribution in [2.24, 2.45) is 0 Å². The van der Waals surface area contributed by atoms with Gasteiger partial charge in [0.05, 0.1) is 13.2 Å². The van der Waals surface area contributed by atoms with Crippen molar-refractivity contribution in [3.8, 4) is 0 Å². The molecule has 0 atom stereocenters. The fraction of sp³-hybridized carbons (Fsp3) is 0.333. The Morgan fingerprint density at radius 1 is 1.11 bits per heavy atom. The number of nitrogens with zero attached hydrogens (tertiary/aromatic N) is 1. The van der Waals surface area contributed by atoms with E-state index < -0.39 is 0 Å². The molecule has 0 amide bonds. The predicted molar refractivity (Wildman–Crippen MR) is 77.7 cm³/mol. The molecule has 3 rings (SSSR count). The molecule has 0 aromatic heterocycles. The Balaban J connectivity index is 1.84. The standard InChI is InChI=1S/C15H16BrNO/c16-15-3-1-2-13-10-12(4-5-14(13)15)11-17-6-8-18-9-7-17/h1-5,10H,6-9,11H2. The summed E-state index contributed by atoms with van der Waals surface area (Å²) in [5, 5.41) is 2.58. The van der Waals surface area contributed by atoms with Gasteiger partial charge in [0.25, 0.3) is 0 Å². The van der Waals surface area contributed by atoms with Crippen LogP contribution in [0.3, 0.4) is 0 Å². The van der Waals surface area contributed by atoms with E-state index in [4.69, 9.17) is 4.74 Å². The van der Waals surface area contributed by atoms with Gasteiger partial charge in [-0.25, -0.2) is 0 Å². The van der Waals surface area contributed by atoms with Crippen LogP contribution in [-0.2, 0) is 11.3 Å². The average molecular weight is 306 g/mol. The summed E-state index contributed by atoms with van der Waals surface area (Å²) in [4.78, 5) is 2.45. The highest BCUT2D eigenvalue weighted by molar-refractivity contribution is 9.10.